The Kier molecular flexibility index (Phi) is 7.55. The Hall–Kier alpha value is -1.29. The summed E-state index contributed by atoms with van der Waals surface area (Å²) in [6, 6.07) is 0. The normalized spacial score (nSPS) is 11.1. The molecule has 0 radical (unpaired) electrons. The molecule has 0 heterocycles. The lowest BCUT2D eigenvalue weighted by Crippen LogP contribution is -2.02. The van der Waals surface area contributed by atoms with Crippen molar-refractivity contribution in [2.45, 2.75) is 13.3 Å². The lowest BCUT2D eigenvalue weighted by molar-refractivity contribution is -0.132. The van der Waals surface area contributed by atoms with E-state index < -0.39 is 5.97 Å². The zero-order chi connectivity index (χ0) is 10.8. The molecule has 0 aromatic rings. The number of carbonyl (C=O) groups is 1. The van der Waals surface area contributed by atoms with Crippen LogP contribution in [0.25, 0.3) is 0 Å². The van der Waals surface area contributed by atoms with Crippen LogP contribution in [0.2, 0.25) is 0 Å². The zero-order valence-electron chi connectivity index (χ0n) is 8.36. The molecule has 80 valence electrons. The lowest BCUT2D eigenvalue weighted by atomic mass is 10.2. The highest BCUT2D eigenvalue weighted by Gasteiger charge is 1.97. The van der Waals surface area contributed by atoms with Crippen LogP contribution in [0.15, 0.2) is 24.5 Å². The van der Waals surface area contributed by atoms with Gasteiger partial charge in [0.2, 0.25) is 0 Å². The number of hydrogen-bond acceptors (Lipinski definition) is 3. The number of hydrogen-bond donors (Lipinski definition) is 1. The SMILES string of the molecule is C=COCCOCC/C=C(\C)C(=O)O. The molecule has 0 aromatic carbocycles. The third kappa shape index (κ3) is 7.36. The lowest BCUT2D eigenvalue weighted by Gasteiger charge is -2.01. The first-order valence-electron chi connectivity index (χ1n) is 4.38. The first-order chi connectivity index (χ1) is 6.68. The van der Waals surface area contributed by atoms with Gasteiger partial charge in [-0.3, -0.25) is 0 Å². The highest BCUT2D eigenvalue weighted by Crippen LogP contribution is 1.95. The van der Waals surface area contributed by atoms with E-state index in [0.29, 0.717) is 31.8 Å². The second-order valence-electron chi connectivity index (χ2n) is 2.63. The fourth-order valence-corrected chi connectivity index (χ4v) is 0.739. The third-order valence-electron chi connectivity index (χ3n) is 1.51. The monoisotopic (exact) mass is 200 g/mol. The van der Waals surface area contributed by atoms with Crippen LogP contribution < -0.4 is 0 Å². The smallest absolute Gasteiger partial charge is 0.330 e. The summed E-state index contributed by atoms with van der Waals surface area (Å²) in [5, 5.41) is 8.51. The summed E-state index contributed by atoms with van der Waals surface area (Å²) in [7, 11) is 0. The van der Waals surface area contributed by atoms with Gasteiger partial charge in [0, 0.05) is 5.57 Å². The van der Waals surface area contributed by atoms with Crippen molar-refractivity contribution in [2.75, 3.05) is 19.8 Å². The first kappa shape index (κ1) is 12.7. The molecule has 0 atom stereocenters. The predicted molar refractivity (Wildman–Crippen MR) is 53.0 cm³/mol. The van der Waals surface area contributed by atoms with Gasteiger partial charge in [-0.25, -0.2) is 4.79 Å². The average Bonchev–Trinajstić information content (AvgIpc) is 2.16. The van der Waals surface area contributed by atoms with Crippen molar-refractivity contribution < 1.29 is 19.4 Å². The van der Waals surface area contributed by atoms with Gasteiger partial charge < -0.3 is 14.6 Å². The average molecular weight is 200 g/mol. The molecule has 0 bridgehead atoms. The fourth-order valence-electron chi connectivity index (χ4n) is 0.739. The fraction of sp³-hybridized carbons (Fsp3) is 0.500. The van der Waals surface area contributed by atoms with E-state index in [1.165, 1.54) is 6.26 Å². The topological polar surface area (TPSA) is 55.8 Å². The molecular formula is C10H16O4. The standard InChI is InChI=1S/C10H16O4/c1-3-13-7-8-14-6-4-5-9(2)10(11)12/h3,5H,1,4,6-8H2,2H3,(H,11,12)/b9-5+. The van der Waals surface area contributed by atoms with Crippen LogP contribution >= 0.6 is 0 Å². The largest absolute Gasteiger partial charge is 0.499 e. The van der Waals surface area contributed by atoms with E-state index in [-0.39, 0.29) is 0 Å². The van der Waals surface area contributed by atoms with Crippen molar-refractivity contribution in [3.63, 3.8) is 0 Å². The van der Waals surface area contributed by atoms with E-state index in [1.54, 1.807) is 13.0 Å². The highest BCUT2D eigenvalue weighted by molar-refractivity contribution is 5.85. The number of aliphatic carboxylic acids is 1. The number of ether oxygens (including phenoxy) is 2. The van der Waals surface area contributed by atoms with Gasteiger partial charge >= 0.3 is 5.97 Å². The van der Waals surface area contributed by atoms with Crippen molar-refractivity contribution in [1.29, 1.82) is 0 Å². The van der Waals surface area contributed by atoms with Crippen molar-refractivity contribution in [3.05, 3.63) is 24.5 Å². The summed E-state index contributed by atoms with van der Waals surface area (Å²) in [4.78, 5) is 10.4. The molecule has 0 unspecified atom stereocenters. The minimum atomic E-state index is -0.889. The summed E-state index contributed by atoms with van der Waals surface area (Å²) in [5.74, 6) is -0.889. The maximum atomic E-state index is 10.4. The molecule has 0 spiro atoms. The second kappa shape index (κ2) is 8.31. The van der Waals surface area contributed by atoms with Gasteiger partial charge in [0.1, 0.15) is 6.61 Å². The Labute approximate surface area is 83.8 Å². The van der Waals surface area contributed by atoms with Crippen LogP contribution in [0.5, 0.6) is 0 Å². The molecule has 14 heavy (non-hydrogen) atoms. The van der Waals surface area contributed by atoms with Crippen molar-refractivity contribution in [1.82, 2.24) is 0 Å². The maximum Gasteiger partial charge on any atom is 0.330 e. The summed E-state index contributed by atoms with van der Waals surface area (Å²) >= 11 is 0. The van der Waals surface area contributed by atoms with Gasteiger partial charge in [-0.15, -0.1) is 0 Å². The molecule has 0 saturated carbocycles. The van der Waals surface area contributed by atoms with Gasteiger partial charge in [-0.05, 0) is 13.3 Å². The van der Waals surface area contributed by atoms with Crippen LogP contribution in [0.1, 0.15) is 13.3 Å². The summed E-state index contributed by atoms with van der Waals surface area (Å²) in [6.45, 7) is 6.42. The molecule has 0 aliphatic rings. The number of carboxylic acids is 1. The quantitative estimate of drug-likeness (QED) is 0.367. The second-order valence-corrected chi connectivity index (χ2v) is 2.63. The van der Waals surface area contributed by atoms with Crippen molar-refractivity contribution in [2.24, 2.45) is 0 Å². The van der Waals surface area contributed by atoms with Crippen molar-refractivity contribution >= 4 is 5.97 Å². The Morgan fingerprint density at radius 2 is 2.14 bits per heavy atom. The molecule has 0 aliphatic carbocycles. The van der Waals surface area contributed by atoms with E-state index in [2.05, 4.69) is 6.58 Å². The Morgan fingerprint density at radius 3 is 2.71 bits per heavy atom. The van der Waals surface area contributed by atoms with E-state index in [9.17, 15) is 4.79 Å². The molecule has 1 N–H and O–H groups in total. The number of carboxylic acid groups (broad SMARTS) is 1. The van der Waals surface area contributed by atoms with E-state index >= 15 is 0 Å². The molecular weight excluding hydrogens is 184 g/mol. The molecule has 0 aromatic heterocycles. The minimum Gasteiger partial charge on any atom is -0.499 e. The van der Waals surface area contributed by atoms with Crippen LogP contribution in [-0.4, -0.2) is 30.9 Å². The molecule has 0 aliphatic heterocycles. The van der Waals surface area contributed by atoms with Crippen molar-refractivity contribution in [3.8, 4) is 0 Å². The van der Waals surface area contributed by atoms with E-state index in [0.717, 1.165) is 0 Å². The zero-order valence-corrected chi connectivity index (χ0v) is 8.36. The van der Waals surface area contributed by atoms with Crippen LogP contribution in [0.4, 0.5) is 0 Å². The van der Waals surface area contributed by atoms with Gasteiger partial charge in [-0.1, -0.05) is 12.7 Å². The molecule has 4 nitrogen and oxygen atoms in total. The maximum absolute atomic E-state index is 10.4. The molecule has 0 fully saturated rings. The Morgan fingerprint density at radius 1 is 1.43 bits per heavy atom. The van der Waals surface area contributed by atoms with Gasteiger partial charge in [-0.2, -0.15) is 0 Å². The van der Waals surface area contributed by atoms with Gasteiger partial charge in [0.05, 0.1) is 19.5 Å². The van der Waals surface area contributed by atoms with E-state index in [1.807, 2.05) is 0 Å². The van der Waals surface area contributed by atoms with E-state index in [4.69, 9.17) is 14.6 Å². The van der Waals surface area contributed by atoms with Crippen LogP contribution in [0.3, 0.4) is 0 Å². The third-order valence-corrected chi connectivity index (χ3v) is 1.51. The first-order valence-corrected chi connectivity index (χ1v) is 4.38. The highest BCUT2D eigenvalue weighted by atomic mass is 16.5. The molecule has 0 amide bonds. The number of rotatable bonds is 8. The van der Waals surface area contributed by atoms with Gasteiger partial charge in [0.15, 0.2) is 0 Å². The summed E-state index contributed by atoms with van der Waals surface area (Å²) in [5.41, 5.74) is 0.343. The summed E-state index contributed by atoms with van der Waals surface area (Å²) < 4.78 is 9.98. The van der Waals surface area contributed by atoms with Crippen LogP contribution in [-0.2, 0) is 14.3 Å². The molecule has 4 heteroatoms. The molecule has 0 saturated heterocycles. The molecule has 0 rings (SSSR count). The minimum absolute atomic E-state index is 0.343. The predicted octanol–water partition coefficient (Wildman–Crippen LogP) is 1.58. The van der Waals surface area contributed by atoms with Gasteiger partial charge in [0.25, 0.3) is 0 Å². The Bertz CT molecular complexity index is 208. The van der Waals surface area contributed by atoms with Crippen LogP contribution in [0, 0.1) is 0 Å². The Balaban J connectivity index is 3.33. The summed E-state index contributed by atoms with van der Waals surface area (Å²) in [6.07, 6.45) is 3.60.